The number of nitrogens with one attached hydrogen (secondary N) is 2. The molecule has 2 N–H and O–H groups in total. The van der Waals surface area contributed by atoms with E-state index in [1.54, 1.807) is 26.0 Å². The standard InChI is InChI=1S/C13H20N2O5S/c1-4-15-21(17,18)11-5-6-12(10(2)9-11)20-8-7-14-13(16)19-3/h5-6,9,15H,4,7-8H2,1-3H3,(H,14,16). The fraction of sp³-hybridized carbons (Fsp3) is 0.462. The molecule has 0 aliphatic heterocycles. The number of hydrogen-bond acceptors (Lipinski definition) is 5. The molecule has 0 fully saturated rings. The summed E-state index contributed by atoms with van der Waals surface area (Å²) in [4.78, 5) is 11.0. The van der Waals surface area contributed by atoms with Gasteiger partial charge in [-0.25, -0.2) is 17.9 Å². The van der Waals surface area contributed by atoms with Gasteiger partial charge in [0.25, 0.3) is 0 Å². The first-order chi connectivity index (χ1) is 9.90. The molecule has 8 heteroatoms. The predicted molar refractivity (Wildman–Crippen MR) is 77.9 cm³/mol. The van der Waals surface area contributed by atoms with Crippen LogP contribution in [0, 0.1) is 6.92 Å². The fourth-order valence-electron chi connectivity index (χ4n) is 1.61. The first kappa shape index (κ1) is 17.3. The Hall–Kier alpha value is -1.80. The van der Waals surface area contributed by atoms with Crippen LogP contribution >= 0.6 is 0 Å². The van der Waals surface area contributed by atoms with Crippen LogP contribution in [-0.2, 0) is 14.8 Å². The Morgan fingerprint density at radius 2 is 2.05 bits per heavy atom. The van der Waals surface area contributed by atoms with Gasteiger partial charge in [0.05, 0.1) is 18.6 Å². The van der Waals surface area contributed by atoms with Crippen LogP contribution in [0.1, 0.15) is 12.5 Å². The van der Waals surface area contributed by atoms with E-state index in [9.17, 15) is 13.2 Å². The Morgan fingerprint density at radius 1 is 1.33 bits per heavy atom. The van der Waals surface area contributed by atoms with Gasteiger partial charge in [0, 0.05) is 6.54 Å². The molecule has 0 saturated heterocycles. The van der Waals surface area contributed by atoms with Crippen LogP contribution in [0.25, 0.3) is 0 Å². The monoisotopic (exact) mass is 316 g/mol. The molecule has 0 radical (unpaired) electrons. The normalized spacial score (nSPS) is 11.0. The second kappa shape index (κ2) is 7.84. The molecule has 0 saturated carbocycles. The van der Waals surface area contributed by atoms with Crippen molar-refractivity contribution >= 4 is 16.1 Å². The number of carbonyl (C=O) groups excluding carboxylic acids is 1. The first-order valence-corrected chi connectivity index (χ1v) is 7.94. The number of benzene rings is 1. The number of hydrogen-bond donors (Lipinski definition) is 2. The molecule has 0 bridgehead atoms. The second-order valence-corrected chi connectivity index (χ2v) is 5.96. The van der Waals surface area contributed by atoms with Gasteiger partial charge in [-0.1, -0.05) is 6.92 Å². The third-order valence-corrected chi connectivity index (χ3v) is 4.15. The highest BCUT2D eigenvalue weighted by atomic mass is 32.2. The summed E-state index contributed by atoms with van der Waals surface area (Å²) in [5.74, 6) is 0.567. The van der Waals surface area contributed by atoms with E-state index >= 15 is 0 Å². The van der Waals surface area contributed by atoms with Gasteiger partial charge < -0.3 is 14.8 Å². The van der Waals surface area contributed by atoms with E-state index in [4.69, 9.17) is 4.74 Å². The maximum Gasteiger partial charge on any atom is 0.406 e. The molecule has 118 valence electrons. The number of sulfonamides is 1. The molecule has 0 aliphatic carbocycles. The first-order valence-electron chi connectivity index (χ1n) is 6.45. The summed E-state index contributed by atoms with van der Waals surface area (Å²) in [5.41, 5.74) is 0.701. The largest absolute Gasteiger partial charge is 0.491 e. The van der Waals surface area contributed by atoms with Crippen molar-refractivity contribution in [2.75, 3.05) is 26.8 Å². The van der Waals surface area contributed by atoms with Crippen LogP contribution in [0.5, 0.6) is 5.75 Å². The van der Waals surface area contributed by atoms with Crippen molar-refractivity contribution in [2.45, 2.75) is 18.7 Å². The van der Waals surface area contributed by atoms with Crippen LogP contribution in [-0.4, -0.2) is 41.3 Å². The molecule has 0 spiro atoms. The van der Waals surface area contributed by atoms with E-state index in [2.05, 4.69) is 14.8 Å². The van der Waals surface area contributed by atoms with Crippen LogP contribution in [0.2, 0.25) is 0 Å². The summed E-state index contributed by atoms with van der Waals surface area (Å²) in [6.45, 7) is 4.36. The number of ether oxygens (including phenoxy) is 2. The SMILES string of the molecule is CCNS(=O)(=O)c1ccc(OCCNC(=O)OC)c(C)c1. The van der Waals surface area contributed by atoms with E-state index in [1.807, 2.05) is 0 Å². The lowest BCUT2D eigenvalue weighted by Gasteiger charge is -2.11. The molecular formula is C13H20N2O5S. The van der Waals surface area contributed by atoms with Crippen LogP contribution in [0.3, 0.4) is 0 Å². The van der Waals surface area contributed by atoms with Gasteiger partial charge in [-0.15, -0.1) is 0 Å². The van der Waals surface area contributed by atoms with Crippen molar-refractivity contribution in [3.8, 4) is 5.75 Å². The van der Waals surface area contributed by atoms with Crippen LogP contribution < -0.4 is 14.8 Å². The van der Waals surface area contributed by atoms with Gasteiger partial charge in [0.1, 0.15) is 12.4 Å². The second-order valence-electron chi connectivity index (χ2n) is 4.20. The number of methoxy groups -OCH3 is 1. The van der Waals surface area contributed by atoms with Gasteiger partial charge in [-0.3, -0.25) is 0 Å². The minimum Gasteiger partial charge on any atom is -0.491 e. The van der Waals surface area contributed by atoms with Gasteiger partial charge in [0.15, 0.2) is 0 Å². The summed E-state index contributed by atoms with van der Waals surface area (Å²) in [7, 11) is -2.19. The van der Waals surface area contributed by atoms with E-state index in [0.29, 0.717) is 24.4 Å². The number of rotatable bonds is 7. The molecule has 1 amide bonds. The minimum absolute atomic E-state index is 0.196. The number of amides is 1. The van der Waals surface area contributed by atoms with Gasteiger partial charge in [-0.2, -0.15) is 0 Å². The Bertz CT molecular complexity index is 586. The molecule has 1 rings (SSSR count). The molecule has 1 aromatic rings. The lowest BCUT2D eigenvalue weighted by atomic mass is 10.2. The third kappa shape index (κ3) is 5.24. The van der Waals surface area contributed by atoms with Crippen molar-refractivity contribution in [3.63, 3.8) is 0 Å². The maximum absolute atomic E-state index is 11.9. The van der Waals surface area contributed by atoms with Crippen molar-refractivity contribution in [3.05, 3.63) is 23.8 Å². The van der Waals surface area contributed by atoms with Crippen LogP contribution in [0.4, 0.5) is 4.79 Å². The minimum atomic E-state index is -3.47. The van der Waals surface area contributed by atoms with Crippen molar-refractivity contribution in [2.24, 2.45) is 0 Å². The average Bonchev–Trinajstić information content (AvgIpc) is 2.44. The molecular weight excluding hydrogens is 296 g/mol. The highest BCUT2D eigenvalue weighted by Gasteiger charge is 2.14. The Morgan fingerprint density at radius 3 is 2.62 bits per heavy atom. The van der Waals surface area contributed by atoms with Gasteiger partial charge in [-0.05, 0) is 30.7 Å². The fourth-order valence-corrected chi connectivity index (χ4v) is 2.74. The highest BCUT2D eigenvalue weighted by molar-refractivity contribution is 7.89. The van der Waals surface area contributed by atoms with E-state index in [0.717, 1.165) is 0 Å². The summed E-state index contributed by atoms with van der Waals surface area (Å²) in [6, 6.07) is 4.62. The lowest BCUT2D eigenvalue weighted by Crippen LogP contribution is -2.27. The molecule has 0 unspecified atom stereocenters. The zero-order valence-electron chi connectivity index (χ0n) is 12.3. The Kier molecular flexibility index (Phi) is 6.44. The summed E-state index contributed by atoms with van der Waals surface area (Å²) >= 11 is 0. The smallest absolute Gasteiger partial charge is 0.406 e. The zero-order chi connectivity index (χ0) is 15.9. The Balaban J connectivity index is 2.65. The van der Waals surface area contributed by atoms with Crippen molar-refractivity contribution < 1.29 is 22.7 Å². The lowest BCUT2D eigenvalue weighted by molar-refractivity contribution is 0.168. The molecule has 0 atom stereocenters. The molecule has 0 aromatic heterocycles. The molecule has 7 nitrogen and oxygen atoms in total. The van der Waals surface area contributed by atoms with E-state index in [1.165, 1.54) is 13.2 Å². The molecule has 0 heterocycles. The number of aryl methyl sites for hydroxylation is 1. The van der Waals surface area contributed by atoms with Gasteiger partial charge in [0.2, 0.25) is 10.0 Å². The molecule has 1 aromatic carbocycles. The quantitative estimate of drug-likeness (QED) is 0.733. The maximum atomic E-state index is 11.9. The zero-order valence-corrected chi connectivity index (χ0v) is 13.1. The summed E-state index contributed by atoms with van der Waals surface area (Å²) < 4.78 is 36.0. The van der Waals surface area contributed by atoms with Crippen molar-refractivity contribution in [1.82, 2.24) is 10.0 Å². The topological polar surface area (TPSA) is 93.7 Å². The van der Waals surface area contributed by atoms with Crippen LogP contribution in [0.15, 0.2) is 23.1 Å². The molecule has 21 heavy (non-hydrogen) atoms. The Labute approximate surface area is 124 Å². The average molecular weight is 316 g/mol. The van der Waals surface area contributed by atoms with E-state index in [-0.39, 0.29) is 11.5 Å². The molecule has 0 aliphatic rings. The third-order valence-electron chi connectivity index (χ3n) is 2.61. The summed E-state index contributed by atoms with van der Waals surface area (Å²) in [5, 5.41) is 2.48. The van der Waals surface area contributed by atoms with Gasteiger partial charge >= 0.3 is 6.09 Å². The van der Waals surface area contributed by atoms with E-state index < -0.39 is 16.1 Å². The number of carbonyl (C=O) groups is 1. The van der Waals surface area contributed by atoms with Crippen molar-refractivity contribution in [1.29, 1.82) is 0 Å². The highest BCUT2D eigenvalue weighted by Crippen LogP contribution is 2.21. The summed E-state index contributed by atoms with van der Waals surface area (Å²) in [6.07, 6.45) is -0.526. The predicted octanol–water partition coefficient (Wildman–Crippen LogP) is 1.03. The number of alkyl carbamates (subject to hydrolysis) is 1.